The van der Waals surface area contributed by atoms with Crippen LogP contribution in [0.4, 0.5) is 13.2 Å². The van der Waals surface area contributed by atoms with E-state index in [1.54, 1.807) is 6.92 Å². The molecule has 6 nitrogen and oxygen atoms in total. The Morgan fingerprint density at radius 3 is 2.46 bits per heavy atom. The zero-order chi connectivity index (χ0) is 19.1. The third-order valence-corrected chi connectivity index (χ3v) is 6.01. The van der Waals surface area contributed by atoms with E-state index in [-0.39, 0.29) is 11.5 Å². The number of hydrogen-bond donors (Lipinski definition) is 0. The highest BCUT2D eigenvalue weighted by molar-refractivity contribution is 7.91. The second-order valence-corrected chi connectivity index (χ2v) is 8.33. The lowest BCUT2D eigenvalue weighted by Gasteiger charge is -2.26. The summed E-state index contributed by atoms with van der Waals surface area (Å²) in [5, 5.41) is 5.15. The minimum absolute atomic E-state index is 0.275. The average molecular weight is 410 g/mol. The normalized spacial score (nSPS) is 21.7. The summed E-state index contributed by atoms with van der Waals surface area (Å²) >= 11 is 6.09. The zero-order valence-corrected chi connectivity index (χ0v) is 15.1. The van der Waals surface area contributed by atoms with Crippen molar-refractivity contribution in [3.63, 3.8) is 0 Å². The van der Waals surface area contributed by atoms with Crippen molar-refractivity contribution in [2.24, 2.45) is 0 Å². The first kappa shape index (κ1) is 19.1. The van der Waals surface area contributed by atoms with Crippen LogP contribution in [0.25, 0.3) is 0 Å². The number of aromatic nitrogens is 3. The Bertz CT molecular complexity index is 897. The van der Waals surface area contributed by atoms with E-state index in [2.05, 4.69) is 10.2 Å². The molecular formula is C15H15ClF3N3O3S. The molecular weight excluding hydrogens is 395 g/mol. The van der Waals surface area contributed by atoms with Crippen LogP contribution in [0.5, 0.6) is 0 Å². The SMILES string of the molecule is Cc1ccc(S(=O)(=O)c2nn(C3OCCCC3Cl)nc2C(F)(F)F)cc1. The molecule has 2 heterocycles. The molecule has 1 aromatic carbocycles. The van der Waals surface area contributed by atoms with Gasteiger partial charge in [0.05, 0.1) is 10.3 Å². The third kappa shape index (κ3) is 3.58. The lowest BCUT2D eigenvalue weighted by atomic mass is 10.2. The molecule has 1 fully saturated rings. The Balaban J connectivity index is 2.12. The largest absolute Gasteiger partial charge is 0.438 e. The van der Waals surface area contributed by atoms with Gasteiger partial charge in [-0.25, -0.2) is 8.42 Å². The first-order valence-corrected chi connectivity index (χ1v) is 9.64. The van der Waals surface area contributed by atoms with Crippen LogP contribution >= 0.6 is 11.6 Å². The number of benzene rings is 1. The fourth-order valence-electron chi connectivity index (χ4n) is 2.55. The molecule has 2 unspecified atom stereocenters. The molecule has 1 aromatic heterocycles. The van der Waals surface area contributed by atoms with Gasteiger partial charge in [0.15, 0.2) is 6.23 Å². The van der Waals surface area contributed by atoms with Crippen molar-refractivity contribution in [2.75, 3.05) is 6.61 Å². The molecule has 0 aliphatic carbocycles. The van der Waals surface area contributed by atoms with E-state index in [1.165, 1.54) is 24.3 Å². The second-order valence-electron chi connectivity index (χ2n) is 5.91. The van der Waals surface area contributed by atoms with E-state index in [0.29, 0.717) is 17.6 Å². The minimum Gasteiger partial charge on any atom is -0.353 e. The number of sulfone groups is 1. The molecule has 0 spiro atoms. The first-order chi connectivity index (χ1) is 12.1. The van der Waals surface area contributed by atoms with Gasteiger partial charge in [0.25, 0.3) is 0 Å². The van der Waals surface area contributed by atoms with E-state index < -0.39 is 38.3 Å². The summed E-state index contributed by atoms with van der Waals surface area (Å²) in [6, 6.07) is 5.43. The molecule has 3 rings (SSSR count). The average Bonchev–Trinajstić information content (AvgIpc) is 3.02. The molecule has 142 valence electrons. The molecule has 1 aliphatic rings. The molecule has 1 aliphatic heterocycles. The highest BCUT2D eigenvalue weighted by Gasteiger charge is 2.44. The number of hydrogen-bond acceptors (Lipinski definition) is 5. The van der Waals surface area contributed by atoms with Crippen molar-refractivity contribution < 1.29 is 26.3 Å². The van der Waals surface area contributed by atoms with Crippen molar-refractivity contribution in [3.8, 4) is 0 Å². The smallest absolute Gasteiger partial charge is 0.353 e. The van der Waals surface area contributed by atoms with Gasteiger partial charge in [-0.3, -0.25) is 0 Å². The number of aryl methyl sites for hydroxylation is 1. The predicted octanol–water partition coefficient (Wildman–Crippen LogP) is 3.35. The van der Waals surface area contributed by atoms with Gasteiger partial charge in [0, 0.05) is 6.61 Å². The summed E-state index contributed by atoms with van der Waals surface area (Å²) in [4.78, 5) is 0.313. The maximum Gasteiger partial charge on any atom is 0.438 e. The van der Waals surface area contributed by atoms with Crippen LogP contribution in [0.15, 0.2) is 34.2 Å². The predicted molar refractivity (Wildman–Crippen MR) is 85.5 cm³/mol. The molecule has 0 saturated carbocycles. The van der Waals surface area contributed by atoms with Crippen molar-refractivity contribution in [2.45, 2.75) is 47.5 Å². The quantitative estimate of drug-likeness (QED) is 0.727. The Kier molecular flexibility index (Phi) is 5.02. The van der Waals surface area contributed by atoms with Crippen LogP contribution in [0.3, 0.4) is 0 Å². The van der Waals surface area contributed by atoms with E-state index in [1.807, 2.05) is 0 Å². The summed E-state index contributed by atoms with van der Waals surface area (Å²) in [6.45, 7) is 2.01. The van der Waals surface area contributed by atoms with Crippen LogP contribution in [0.1, 0.15) is 30.3 Å². The molecule has 2 aromatic rings. The van der Waals surface area contributed by atoms with Gasteiger partial charge in [-0.05, 0) is 31.9 Å². The first-order valence-electron chi connectivity index (χ1n) is 7.72. The minimum atomic E-state index is -5.00. The second kappa shape index (κ2) is 6.82. The van der Waals surface area contributed by atoms with Gasteiger partial charge in [-0.1, -0.05) is 17.7 Å². The van der Waals surface area contributed by atoms with Gasteiger partial charge < -0.3 is 4.74 Å². The van der Waals surface area contributed by atoms with Gasteiger partial charge in [0.1, 0.15) is 0 Å². The Morgan fingerprint density at radius 1 is 1.23 bits per heavy atom. The van der Waals surface area contributed by atoms with Crippen LogP contribution in [-0.4, -0.2) is 35.4 Å². The molecule has 0 amide bonds. The Hall–Kier alpha value is -1.65. The maximum atomic E-state index is 13.4. The molecule has 0 bridgehead atoms. The summed E-state index contributed by atoms with van der Waals surface area (Å²) in [5.41, 5.74) is -0.819. The molecule has 1 saturated heterocycles. The molecule has 2 atom stereocenters. The van der Waals surface area contributed by atoms with E-state index >= 15 is 0 Å². The molecule has 0 radical (unpaired) electrons. The fourth-order valence-corrected chi connectivity index (χ4v) is 4.20. The van der Waals surface area contributed by atoms with Crippen LogP contribution in [0, 0.1) is 6.92 Å². The van der Waals surface area contributed by atoms with Gasteiger partial charge >= 0.3 is 6.18 Å². The van der Waals surface area contributed by atoms with Gasteiger partial charge in [-0.2, -0.15) is 18.0 Å². The summed E-state index contributed by atoms with van der Waals surface area (Å²) < 4.78 is 70.9. The van der Waals surface area contributed by atoms with Gasteiger partial charge in [-0.15, -0.1) is 21.8 Å². The topological polar surface area (TPSA) is 74.1 Å². The lowest BCUT2D eigenvalue weighted by molar-refractivity contribution is -0.144. The number of ether oxygens (including phenoxy) is 1. The highest BCUT2D eigenvalue weighted by atomic mass is 35.5. The number of rotatable bonds is 3. The maximum absolute atomic E-state index is 13.4. The van der Waals surface area contributed by atoms with Crippen LogP contribution in [-0.2, 0) is 20.8 Å². The van der Waals surface area contributed by atoms with Gasteiger partial charge in [0.2, 0.25) is 20.6 Å². The number of nitrogens with zero attached hydrogens (tertiary/aromatic N) is 3. The van der Waals surface area contributed by atoms with Crippen molar-refractivity contribution in [1.29, 1.82) is 0 Å². The summed E-state index contributed by atoms with van der Waals surface area (Å²) in [7, 11) is -4.52. The third-order valence-electron chi connectivity index (χ3n) is 3.90. The summed E-state index contributed by atoms with van der Waals surface area (Å²) in [6.07, 6.45) is -4.92. The fraction of sp³-hybridized carbons (Fsp3) is 0.467. The molecule has 0 N–H and O–H groups in total. The monoisotopic (exact) mass is 409 g/mol. The number of halogens is 4. The van der Waals surface area contributed by atoms with E-state index in [4.69, 9.17) is 16.3 Å². The summed E-state index contributed by atoms with van der Waals surface area (Å²) in [5.74, 6) is 0. The molecule has 11 heteroatoms. The molecule has 26 heavy (non-hydrogen) atoms. The lowest BCUT2D eigenvalue weighted by Crippen LogP contribution is -2.29. The number of alkyl halides is 4. The van der Waals surface area contributed by atoms with Crippen LogP contribution in [0.2, 0.25) is 0 Å². The standard InChI is InChI=1S/C15H15ClF3N3O3S/c1-9-4-6-10(7-5-9)26(23,24)13-12(15(17,18)19)20-22(21-13)14-11(16)3-2-8-25-14/h4-7,11,14H,2-3,8H2,1H3. The van der Waals surface area contributed by atoms with Crippen LogP contribution < -0.4 is 0 Å². The van der Waals surface area contributed by atoms with Crippen molar-refractivity contribution in [1.82, 2.24) is 15.0 Å². The van der Waals surface area contributed by atoms with Crippen molar-refractivity contribution >= 4 is 21.4 Å². The Labute approximate surface area is 152 Å². The Morgan fingerprint density at radius 2 is 1.88 bits per heavy atom. The van der Waals surface area contributed by atoms with E-state index in [0.717, 1.165) is 5.56 Å². The van der Waals surface area contributed by atoms with E-state index in [9.17, 15) is 21.6 Å². The highest BCUT2D eigenvalue weighted by Crippen LogP contribution is 2.36. The zero-order valence-electron chi connectivity index (χ0n) is 13.6. The van der Waals surface area contributed by atoms with Crippen molar-refractivity contribution in [3.05, 3.63) is 35.5 Å².